The summed E-state index contributed by atoms with van der Waals surface area (Å²) in [7, 11) is 0. The van der Waals surface area contributed by atoms with Crippen molar-refractivity contribution >= 4 is 17.3 Å². The highest BCUT2D eigenvalue weighted by Gasteiger charge is 2.37. The molecule has 27 heavy (non-hydrogen) atoms. The molecule has 0 bridgehead atoms. The number of aliphatic carboxylic acids is 1. The van der Waals surface area contributed by atoms with Gasteiger partial charge in [0.1, 0.15) is 5.41 Å². The maximum Gasteiger partial charge on any atom is 0.318 e. The molecule has 1 N–H and O–H groups in total. The molecule has 0 aromatic heterocycles. The smallest absolute Gasteiger partial charge is 0.318 e. The molecule has 0 aliphatic carbocycles. The minimum atomic E-state index is -1.06. The van der Waals surface area contributed by atoms with Crippen molar-refractivity contribution in [2.45, 2.75) is 39.0 Å². The van der Waals surface area contributed by atoms with Crippen molar-refractivity contribution < 1.29 is 9.90 Å². The third-order valence-corrected chi connectivity index (χ3v) is 5.92. The molecule has 1 aliphatic rings. The van der Waals surface area contributed by atoms with Crippen LogP contribution in [0.5, 0.6) is 0 Å². The molecule has 1 saturated heterocycles. The summed E-state index contributed by atoms with van der Waals surface area (Å²) in [5.41, 5.74) is 2.86. The second-order valence-electron chi connectivity index (χ2n) is 7.39. The lowest BCUT2D eigenvalue weighted by Crippen LogP contribution is -2.34. The Balaban J connectivity index is 1.92. The van der Waals surface area contributed by atoms with Crippen molar-refractivity contribution in [3.05, 3.63) is 59.7 Å². The van der Waals surface area contributed by atoms with Gasteiger partial charge in [0.25, 0.3) is 0 Å². The molecule has 0 amide bonds. The zero-order valence-electron chi connectivity index (χ0n) is 16.6. The van der Waals surface area contributed by atoms with Gasteiger partial charge in [-0.3, -0.25) is 4.79 Å². The van der Waals surface area contributed by atoms with Gasteiger partial charge in [-0.15, -0.1) is 0 Å². The Morgan fingerprint density at radius 1 is 0.963 bits per heavy atom. The highest BCUT2D eigenvalue weighted by molar-refractivity contribution is 5.86. The van der Waals surface area contributed by atoms with Crippen LogP contribution in [0.25, 0.3) is 0 Å². The highest BCUT2D eigenvalue weighted by atomic mass is 16.4. The number of hydrogen-bond acceptors (Lipinski definition) is 3. The van der Waals surface area contributed by atoms with E-state index in [1.165, 1.54) is 18.5 Å². The van der Waals surface area contributed by atoms with E-state index < -0.39 is 11.4 Å². The minimum Gasteiger partial charge on any atom is -0.480 e. The molecule has 1 fully saturated rings. The third-order valence-electron chi connectivity index (χ3n) is 5.92. The lowest BCUT2D eigenvalue weighted by molar-refractivity contribution is -0.141. The quantitative estimate of drug-likeness (QED) is 0.782. The fraction of sp³-hybridized carbons (Fsp3) is 0.435. The van der Waals surface area contributed by atoms with E-state index >= 15 is 0 Å². The number of rotatable bonds is 7. The fourth-order valence-electron chi connectivity index (χ4n) is 3.99. The van der Waals surface area contributed by atoms with Gasteiger partial charge in [-0.2, -0.15) is 0 Å². The molecule has 2 aromatic rings. The first-order valence-electron chi connectivity index (χ1n) is 9.95. The van der Waals surface area contributed by atoms with Crippen LogP contribution in [0.3, 0.4) is 0 Å². The monoisotopic (exact) mass is 366 g/mol. The maximum atomic E-state index is 12.3. The zero-order chi connectivity index (χ0) is 19.4. The minimum absolute atomic E-state index is 0.805. The number of carboxylic acid groups (broad SMARTS) is 1. The van der Waals surface area contributed by atoms with E-state index in [-0.39, 0.29) is 0 Å². The molecule has 0 saturated carbocycles. The fourth-order valence-corrected chi connectivity index (χ4v) is 3.99. The predicted molar refractivity (Wildman–Crippen MR) is 112 cm³/mol. The van der Waals surface area contributed by atoms with Crippen LogP contribution in [0.4, 0.5) is 11.4 Å². The van der Waals surface area contributed by atoms with Crippen LogP contribution < -0.4 is 9.80 Å². The Morgan fingerprint density at radius 2 is 1.44 bits per heavy atom. The van der Waals surface area contributed by atoms with Crippen molar-refractivity contribution in [2.75, 3.05) is 36.0 Å². The molecule has 0 spiro atoms. The van der Waals surface area contributed by atoms with Gasteiger partial charge in [0, 0.05) is 37.6 Å². The van der Waals surface area contributed by atoms with E-state index in [0.29, 0.717) is 0 Å². The Morgan fingerprint density at radius 3 is 1.89 bits per heavy atom. The first-order valence-corrected chi connectivity index (χ1v) is 9.95. The molecule has 144 valence electrons. The Kier molecular flexibility index (Phi) is 5.73. The number of carboxylic acids is 1. The lowest BCUT2D eigenvalue weighted by Gasteiger charge is -2.28. The summed E-state index contributed by atoms with van der Waals surface area (Å²) in [4.78, 5) is 16.9. The SMILES string of the molecule is CCN(CC)c1ccc(C(C)(C(=O)O)c2ccc(N3CCCC3)cc2)cc1. The standard InChI is InChI=1S/C23H30N2O2/c1-4-24(5-2)20-12-8-18(9-13-20)23(3,22(26)27)19-10-14-21(15-11-19)25-16-6-7-17-25/h8-15H,4-7,16-17H2,1-3H3,(H,26,27). The molecule has 1 atom stereocenters. The second-order valence-corrected chi connectivity index (χ2v) is 7.39. The summed E-state index contributed by atoms with van der Waals surface area (Å²) >= 11 is 0. The van der Waals surface area contributed by atoms with Crippen molar-refractivity contribution in [1.82, 2.24) is 0 Å². The molecule has 1 unspecified atom stereocenters. The molecule has 0 radical (unpaired) electrons. The highest BCUT2D eigenvalue weighted by Crippen LogP contribution is 2.35. The van der Waals surface area contributed by atoms with E-state index in [0.717, 1.165) is 43.0 Å². The topological polar surface area (TPSA) is 43.8 Å². The van der Waals surface area contributed by atoms with Gasteiger partial charge in [-0.05, 0) is 69.0 Å². The first kappa shape index (κ1) is 19.3. The van der Waals surface area contributed by atoms with Gasteiger partial charge in [0.2, 0.25) is 0 Å². The van der Waals surface area contributed by atoms with Gasteiger partial charge < -0.3 is 14.9 Å². The first-order chi connectivity index (χ1) is 13.0. The van der Waals surface area contributed by atoms with E-state index in [4.69, 9.17) is 0 Å². The average Bonchev–Trinajstić information content (AvgIpc) is 3.24. The van der Waals surface area contributed by atoms with Crippen LogP contribution in [0.1, 0.15) is 44.7 Å². The Bertz CT molecular complexity index is 712. The summed E-state index contributed by atoms with van der Waals surface area (Å²) in [6.07, 6.45) is 2.46. The largest absolute Gasteiger partial charge is 0.480 e. The van der Waals surface area contributed by atoms with E-state index in [9.17, 15) is 9.90 Å². The van der Waals surface area contributed by atoms with Crippen LogP contribution in [0.15, 0.2) is 48.5 Å². The van der Waals surface area contributed by atoms with E-state index in [2.05, 4.69) is 35.8 Å². The van der Waals surface area contributed by atoms with E-state index in [1.807, 2.05) is 36.4 Å². The van der Waals surface area contributed by atoms with Crippen molar-refractivity contribution in [3.63, 3.8) is 0 Å². The van der Waals surface area contributed by atoms with Crippen molar-refractivity contribution in [1.29, 1.82) is 0 Å². The summed E-state index contributed by atoms with van der Waals surface area (Å²) in [6, 6.07) is 16.0. The molecular formula is C23H30N2O2. The van der Waals surface area contributed by atoms with E-state index in [1.54, 1.807) is 6.92 Å². The molecule has 1 heterocycles. The van der Waals surface area contributed by atoms with Crippen LogP contribution in [-0.4, -0.2) is 37.3 Å². The van der Waals surface area contributed by atoms with Gasteiger partial charge in [0.15, 0.2) is 0 Å². The third kappa shape index (κ3) is 3.66. The normalized spacial score (nSPS) is 16.2. The van der Waals surface area contributed by atoms with Gasteiger partial charge in [-0.1, -0.05) is 24.3 Å². The van der Waals surface area contributed by atoms with Gasteiger partial charge in [-0.25, -0.2) is 0 Å². The molecule has 1 aliphatic heterocycles. The predicted octanol–water partition coefficient (Wildman–Crippen LogP) is 4.52. The number of hydrogen-bond donors (Lipinski definition) is 1. The summed E-state index contributed by atoms with van der Waals surface area (Å²) in [5.74, 6) is -0.827. The van der Waals surface area contributed by atoms with Gasteiger partial charge >= 0.3 is 5.97 Å². The maximum absolute atomic E-state index is 12.3. The van der Waals surface area contributed by atoms with Gasteiger partial charge in [0.05, 0.1) is 0 Å². The molecular weight excluding hydrogens is 336 g/mol. The summed E-state index contributed by atoms with van der Waals surface area (Å²) in [5, 5.41) is 10.1. The number of nitrogens with zero attached hydrogens (tertiary/aromatic N) is 2. The second kappa shape index (κ2) is 8.03. The van der Waals surface area contributed by atoms with Crippen LogP contribution >= 0.6 is 0 Å². The van der Waals surface area contributed by atoms with Crippen LogP contribution in [0, 0.1) is 0 Å². The van der Waals surface area contributed by atoms with Crippen LogP contribution in [-0.2, 0) is 10.2 Å². The van der Waals surface area contributed by atoms with Crippen molar-refractivity contribution in [2.24, 2.45) is 0 Å². The molecule has 3 rings (SSSR count). The number of carbonyl (C=O) groups is 1. The average molecular weight is 367 g/mol. The Labute approximate surface area is 162 Å². The van der Waals surface area contributed by atoms with Crippen molar-refractivity contribution in [3.8, 4) is 0 Å². The Hall–Kier alpha value is -2.49. The molecule has 4 heteroatoms. The molecule has 4 nitrogen and oxygen atoms in total. The number of benzene rings is 2. The summed E-state index contributed by atoms with van der Waals surface area (Å²) < 4.78 is 0. The molecule has 2 aromatic carbocycles. The lowest BCUT2D eigenvalue weighted by atomic mass is 9.76. The zero-order valence-corrected chi connectivity index (χ0v) is 16.6. The summed E-state index contributed by atoms with van der Waals surface area (Å²) in [6.45, 7) is 10.1. The number of anilines is 2. The van der Waals surface area contributed by atoms with Crippen LogP contribution in [0.2, 0.25) is 0 Å².